The zero-order valence-corrected chi connectivity index (χ0v) is 12.9. The largest absolute Gasteiger partial charge is 0.440 e. The quantitative estimate of drug-likeness (QED) is 0.847. The van der Waals surface area contributed by atoms with E-state index >= 15 is 0 Å². The molecular weight excluding hydrogens is 296 g/mol. The highest BCUT2D eigenvalue weighted by Gasteiger charge is 2.33. The Morgan fingerprint density at radius 3 is 3.00 bits per heavy atom. The summed E-state index contributed by atoms with van der Waals surface area (Å²) in [5.41, 5.74) is 1.67. The van der Waals surface area contributed by atoms with Gasteiger partial charge >= 0.3 is 0 Å². The van der Waals surface area contributed by atoms with Gasteiger partial charge in [0.1, 0.15) is 5.52 Å². The molecule has 0 aliphatic carbocycles. The van der Waals surface area contributed by atoms with Gasteiger partial charge in [0.2, 0.25) is 0 Å². The predicted octanol–water partition coefficient (Wildman–Crippen LogP) is 1.95. The molecule has 4 rings (SSSR count). The Hall–Kier alpha value is -1.92. The lowest BCUT2D eigenvalue weighted by molar-refractivity contribution is -0.159. The van der Waals surface area contributed by atoms with Crippen LogP contribution >= 0.6 is 0 Å². The molecule has 2 saturated heterocycles. The summed E-state index contributed by atoms with van der Waals surface area (Å²) in [7, 11) is 0. The van der Waals surface area contributed by atoms with Gasteiger partial charge in [0.05, 0.1) is 25.7 Å². The van der Waals surface area contributed by atoms with Gasteiger partial charge in [-0.2, -0.15) is 0 Å². The van der Waals surface area contributed by atoms with E-state index in [2.05, 4.69) is 4.98 Å². The molecule has 2 aromatic rings. The van der Waals surface area contributed by atoms with Gasteiger partial charge in [-0.15, -0.1) is 0 Å². The van der Waals surface area contributed by atoms with Crippen molar-refractivity contribution in [1.29, 1.82) is 0 Å². The number of carbonyl (C=O) groups is 1. The molecule has 23 heavy (non-hydrogen) atoms. The molecule has 6 nitrogen and oxygen atoms in total. The Labute approximate surface area is 134 Å². The third kappa shape index (κ3) is 2.96. The molecule has 0 radical (unpaired) electrons. The minimum absolute atomic E-state index is 0.0190. The van der Waals surface area contributed by atoms with E-state index in [1.807, 2.05) is 29.2 Å². The van der Waals surface area contributed by atoms with Crippen LogP contribution in [0.4, 0.5) is 0 Å². The Kier molecular flexibility index (Phi) is 4.01. The van der Waals surface area contributed by atoms with Crippen LogP contribution < -0.4 is 0 Å². The second-order valence-electron chi connectivity index (χ2n) is 6.08. The topological polar surface area (TPSA) is 64.8 Å². The van der Waals surface area contributed by atoms with E-state index in [0.717, 1.165) is 36.4 Å². The summed E-state index contributed by atoms with van der Waals surface area (Å²) >= 11 is 0. The number of amides is 1. The molecule has 2 fully saturated rings. The number of hydrogen-bond acceptors (Lipinski definition) is 5. The van der Waals surface area contributed by atoms with Crippen LogP contribution in [0.2, 0.25) is 0 Å². The molecule has 2 aliphatic heterocycles. The lowest BCUT2D eigenvalue weighted by Crippen LogP contribution is -2.48. The van der Waals surface area contributed by atoms with Gasteiger partial charge in [0.15, 0.2) is 17.6 Å². The average Bonchev–Trinajstić information content (AvgIpc) is 3.06. The molecule has 1 amide bonds. The van der Waals surface area contributed by atoms with Gasteiger partial charge in [-0.05, 0) is 25.0 Å². The molecule has 122 valence electrons. The van der Waals surface area contributed by atoms with Crippen LogP contribution in [0.3, 0.4) is 0 Å². The van der Waals surface area contributed by atoms with E-state index in [1.165, 1.54) is 0 Å². The second-order valence-corrected chi connectivity index (χ2v) is 6.08. The summed E-state index contributed by atoms with van der Waals surface area (Å²) in [5, 5.41) is 0. The number of hydrogen-bond donors (Lipinski definition) is 0. The third-order valence-corrected chi connectivity index (χ3v) is 4.48. The lowest BCUT2D eigenvalue weighted by atomic mass is 9.97. The summed E-state index contributed by atoms with van der Waals surface area (Å²) in [4.78, 5) is 19.0. The van der Waals surface area contributed by atoms with Crippen LogP contribution in [-0.4, -0.2) is 54.8 Å². The average molecular weight is 316 g/mol. The first-order valence-corrected chi connectivity index (χ1v) is 8.15. The molecule has 2 atom stereocenters. The van der Waals surface area contributed by atoms with Gasteiger partial charge in [-0.25, -0.2) is 4.98 Å². The number of para-hydroxylation sites is 2. The highest BCUT2D eigenvalue weighted by atomic mass is 16.6. The number of oxazole rings is 1. The molecule has 0 N–H and O–H groups in total. The van der Waals surface area contributed by atoms with Crippen molar-refractivity contribution in [1.82, 2.24) is 9.88 Å². The minimum atomic E-state index is -0.467. The van der Waals surface area contributed by atoms with E-state index in [4.69, 9.17) is 13.9 Å². The van der Waals surface area contributed by atoms with Crippen LogP contribution in [-0.2, 0) is 14.3 Å². The fourth-order valence-corrected chi connectivity index (χ4v) is 3.28. The van der Waals surface area contributed by atoms with Crippen LogP contribution in [0, 0.1) is 0 Å². The van der Waals surface area contributed by atoms with Crippen molar-refractivity contribution in [2.75, 3.05) is 32.9 Å². The maximum absolute atomic E-state index is 12.6. The summed E-state index contributed by atoms with van der Waals surface area (Å²) in [6, 6.07) is 7.76. The van der Waals surface area contributed by atoms with E-state index < -0.39 is 6.10 Å². The van der Waals surface area contributed by atoms with Gasteiger partial charge in [-0.1, -0.05) is 12.1 Å². The van der Waals surface area contributed by atoms with E-state index in [9.17, 15) is 4.79 Å². The minimum Gasteiger partial charge on any atom is -0.440 e. The number of fused-ring (bicyclic) bond motifs is 1. The summed E-state index contributed by atoms with van der Waals surface area (Å²) in [5.74, 6) is 0.889. The maximum atomic E-state index is 12.6. The van der Waals surface area contributed by atoms with Crippen molar-refractivity contribution in [3.8, 4) is 0 Å². The van der Waals surface area contributed by atoms with Crippen molar-refractivity contribution < 1.29 is 18.7 Å². The second kappa shape index (κ2) is 6.29. The first-order valence-electron chi connectivity index (χ1n) is 8.15. The molecule has 6 heteroatoms. The van der Waals surface area contributed by atoms with Crippen molar-refractivity contribution in [2.24, 2.45) is 0 Å². The van der Waals surface area contributed by atoms with Gasteiger partial charge < -0.3 is 18.8 Å². The van der Waals surface area contributed by atoms with Gasteiger partial charge in [0, 0.05) is 13.1 Å². The Balaban J connectivity index is 1.48. The summed E-state index contributed by atoms with van der Waals surface area (Å²) in [6.07, 6.45) is 1.47. The standard InChI is InChI=1S/C17H20N2O4/c20-17(15-11-21-8-9-22-15)19-7-3-4-12(10-19)16-18-13-5-1-2-6-14(13)23-16/h1-2,5-6,12,15H,3-4,7-11H2/t12-,15-/m0/s1. The number of carbonyl (C=O) groups excluding carboxylic acids is 1. The molecule has 0 saturated carbocycles. The molecule has 2 aliphatic rings. The molecular formula is C17H20N2O4. The van der Waals surface area contributed by atoms with Crippen LogP contribution in [0.25, 0.3) is 11.1 Å². The fraction of sp³-hybridized carbons (Fsp3) is 0.529. The molecule has 0 spiro atoms. The van der Waals surface area contributed by atoms with Crippen LogP contribution in [0.15, 0.2) is 28.7 Å². The summed E-state index contributed by atoms with van der Waals surface area (Å²) < 4.78 is 16.7. The third-order valence-electron chi connectivity index (χ3n) is 4.48. The van der Waals surface area contributed by atoms with Crippen molar-refractivity contribution in [2.45, 2.75) is 24.9 Å². The molecule has 1 aromatic carbocycles. The molecule has 1 aromatic heterocycles. The number of aromatic nitrogens is 1. The smallest absolute Gasteiger partial charge is 0.254 e. The number of likely N-dealkylation sites (tertiary alicyclic amines) is 1. The molecule has 0 unspecified atom stereocenters. The maximum Gasteiger partial charge on any atom is 0.254 e. The van der Waals surface area contributed by atoms with E-state index in [0.29, 0.717) is 26.4 Å². The fourth-order valence-electron chi connectivity index (χ4n) is 3.28. The van der Waals surface area contributed by atoms with Gasteiger partial charge in [0.25, 0.3) is 5.91 Å². The number of rotatable bonds is 2. The van der Waals surface area contributed by atoms with Gasteiger partial charge in [-0.3, -0.25) is 4.79 Å². The normalized spacial score (nSPS) is 25.7. The predicted molar refractivity (Wildman–Crippen MR) is 83.1 cm³/mol. The molecule has 3 heterocycles. The first-order chi connectivity index (χ1) is 11.3. The monoisotopic (exact) mass is 316 g/mol. The Morgan fingerprint density at radius 2 is 2.17 bits per heavy atom. The number of piperidine rings is 1. The number of nitrogens with zero attached hydrogens (tertiary/aromatic N) is 2. The van der Waals surface area contributed by atoms with Crippen molar-refractivity contribution >= 4 is 17.0 Å². The SMILES string of the molecule is O=C([C@@H]1COCCO1)N1CCC[C@H](c2nc3ccccc3o2)C1. The van der Waals surface area contributed by atoms with Crippen LogP contribution in [0.1, 0.15) is 24.7 Å². The number of benzene rings is 1. The lowest BCUT2D eigenvalue weighted by Gasteiger charge is -2.34. The van der Waals surface area contributed by atoms with Crippen LogP contribution in [0.5, 0.6) is 0 Å². The zero-order valence-electron chi connectivity index (χ0n) is 12.9. The first kappa shape index (κ1) is 14.7. The molecule has 0 bridgehead atoms. The van der Waals surface area contributed by atoms with E-state index in [-0.39, 0.29) is 11.8 Å². The van der Waals surface area contributed by atoms with E-state index in [1.54, 1.807) is 0 Å². The highest BCUT2D eigenvalue weighted by Crippen LogP contribution is 2.29. The number of ether oxygens (including phenoxy) is 2. The summed E-state index contributed by atoms with van der Waals surface area (Å²) in [6.45, 7) is 2.79. The van der Waals surface area contributed by atoms with Crippen molar-refractivity contribution in [3.05, 3.63) is 30.2 Å². The highest BCUT2D eigenvalue weighted by molar-refractivity contribution is 5.81. The Morgan fingerprint density at radius 1 is 1.26 bits per heavy atom. The zero-order chi connectivity index (χ0) is 15.6. The van der Waals surface area contributed by atoms with Crippen molar-refractivity contribution in [3.63, 3.8) is 0 Å². The Bertz CT molecular complexity index is 660.